The van der Waals surface area contributed by atoms with Crippen molar-refractivity contribution < 1.29 is 23.8 Å². The van der Waals surface area contributed by atoms with Crippen LogP contribution in [0.4, 0.5) is 0 Å². The van der Waals surface area contributed by atoms with Gasteiger partial charge in [-0.1, -0.05) is 6.92 Å². The molecule has 1 amide bonds. The van der Waals surface area contributed by atoms with Crippen LogP contribution in [0.1, 0.15) is 43.7 Å². The molecule has 21 heavy (non-hydrogen) atoms. The van der Waals surface area contributed by atoms with Crippen LogP contribution in [0.5, 0.6) is 0 Å². The summed E-state index contributed by atoms with van der Waals surface area (Å²) in [4.78, 5) is 24.9. The highest BCUT2D eigenvalue weighted by atomic mass is 16.5. The van der Waals surface area contributed by atoms with Crippen LogP contribution in [0.2, 0.25) is 0 Å². The Morgan fingerprint density at radius 3 is 2.67 bits per heavy atom. The molecule has 6 heteroatoms. The number of ether oxygens (including phenoxy) is 1. The first-order valence-electron chi connectivity index (χ1n) is 7.26. The van der Waals surface area contributed by atoms with Crippen molar-refractivity contribution in [2.24, 2.45) is 5.92 Å². The lowest BCUT2D eigenvalue weighted by Gasteiger charge is -2.37. The molecule has 3 rings (SSSR count). The maximum Gasteiger partial charge on any atom is 0.335 e. The Morgan fingerprint density at radius 1 is 1.43 bits per heavy atom. The number of carboxylic acid groups (broad SMARTS) is 1. The van der Waals surface area contributed by atoms with E-state index in [1.54, 1.807) is 6.07 Å². The van der Waals surface area contributed by atoms with Crippen molar-refractivity contribution in [3.63, 3.8) is 0 Å². The average molecular weight is 293 g/mol. The minimum atomic E-state index is -1.08. The number of rotatable bonds is 4. The van der Waals surface area contributed by atoms with Crippen LogP contribution in [-0.4, -0.2) is 41.1 Å². The van der Waals surface area contributed by atoms with Crippen molar-refractivity contribution in [2.45, 2.75) is 38.3 Å². The maximum atomic E-state index is 11.9. The molecule has 4 unspecified atom stereocenters. The van der Waals surface area contributed by atoms with E-state index in [9.17, 15) is 14.7 Å². The summed E-state index contributed by atoms with van der Waals surface area (Å²) in [7, 11) is 0. The van der Waals surface area contributed by atoms with E-state index in [2.05, 4.69) is 6.92 Å². The van der Waals surface area contributed by atoms with Gasteiger partial charge in [-0.25, -0.2) is 4.79 Å². The van der Waals surface area contributed by atoms with Gasteiger partial charge in [0.25, 0.3) is 0 Å². The van der Waals surface area contributed by atoms with Crippen molar-refractivity contribution in [1.29, 1.82) is 0 Å². The fourth-order valence-corrected chi connectivity index (χ4v) is 2.98. The molecule has 0 bridgehead atoms. The second-order valence-electron chi connectivity index (χ2n) is 5.75. The number of likely N-dealkylation sites (N-methyl/N-ethyl adjacent to an activating group) is 1. The summed E-state index contributed by atoms with van der Waals surface area (Å²) in [5.41, 5.74) is 0. The van der Waals surface area contributed by atoms with Crippen LogP contribution in [0.3, 0.4) is 0 Å². The summed E-state index contributed by atoms with van der Waals surface area (Å²) in [6, 6.07) is 2.96. The first kappa shape index (κ1) is 14.1. The average Bonchev–Trinajstić information content (AvgIpc) is 3.00. The minimum Gasteiger partial charge on any atom is -0.479 e. The van der Waals surface area contributed by atoms with Gasteiger partial charge >= 0.3 is 5.97 Å². The Hall–Kier alpha value is -1.82. The van der Waals surface area contributed by atoms with E-state index in [-0.39, 0.29) is 12.5 Å². The molecular weight excluding hydrogens is 274 g/mol. The topological polar surface area (TPSA) is 80.0 Å². The number of carbonyl (C=O) groups is 2. The highest BCUT2D eigenvalue weighted by Gasteiger charge is 2.44. The van der Waals surface area contributed by atoms with Crippen LogP contribution in [0, 0.1) is 5.92 Å². The molecule has 1 aromatic heterocycles. The molecule has 0 radical (unpaired) electrons. The molecule has 114 valence electrons. The number of nitrogens with zero attached hydrogens (tertiary/aromatic N) is 1. The van der Waals surface area contributed by atoms with Crippen molar-refractivity contribution in [3.8, 4) is 0 Å². The molecule has 0 aromatic carbocycles. The lowest BCUT2D eigenvalue weighted by atomic mass is 10.0. The lowest BCUT2D eigenvalue weighted by Crippen LogP contribution is -2.51. The van der Waals surface area contributed by atoms with Gasteiger partial charge in [0.05, 0.1) is 0 Å². The van der Waals surface area contributed by atoms with Gasteiger partial charge < -0.3 is 19.2 Å². The summed E-state index contributed by atoms with van der Waals surface area (Å²) in [5, 5.41) is 9.34. The zero-order valence-electron chi connectivity index (χ0n) is 12.1. The summed E-state index contributed by atoms with van der Waals surface area (Å²) < 4.78 is 11.0. The predicted molar refractivity (Wildman–Crippen MR) is 72.7 cm³/mol. The Labute approximate surface area is 122 Å². The number of furan rings is 1. The van der Waals surface area contributed by atoms with E-state index in [1.165, 1.54) is 4.90 Å². The maximum absolute atomic E-state index is 11.9. The zero-order chi connectivity index (χ0) is 15.1. The van der Waals surface area contributed by atoms with E-state index in [4.69, 9.17) is 9.15 Å². The highest BCUT2D eigenvalue weighted by Crippen LogP contribution is 2.48. The van der Waals surface area contributed by atoms with E-state index >= 15 is 0 Å². The second-order valence-corrected chi connectivity index (χ2v) is 5.75. The summed E-state index contributed by atoms with van der Waals surface area (Å²) >= 11 is 0. The van der Waals surface area contributed by atoms with Gasteiger partial charge in [-0.15, -0.1) is 0 Å². The van der Waals surface area contributed by atoms with Gasteiger partial charge in [-0.2, -0.15) is 0 Å². The molecule has 1 saturated heterocycles. The van der Waals surface area contributed by atoms with Gasteiger partial charge in [0, 0.05) is 12.5 Å². The standard InChI is InChI=1S/C15H19NO5/c1-3-16-12(17)7-20-14(15(18)19)13(16)11-5-4-10(21-11)9-6-8(9)2/h4-5,8-9,13-14H,3,6-7H2,1-2H3,(H,18,19). The molecular formula is C15H19NO5. The number of hydrogen-bond donors (Lipinski definition) is 1. The Morgan fingerprint density at radius 2 is 2.10 bits per heavy atom. The Balaban J connectivity index is 1.91. The zero-order valence-corrected chi connectivity index (χ0v) is 12.1. The largest absolute Gasteiger partial charge is 0.479 e. The van der Waals surface area contributed by atoms with Crippen molar-refractivity contribution in [2.75, 3.05) is 13.2 Å². The highest BCUT2D eigenvalue weighted by molar-refractivity contribution is 5.82. The molecule has 1 aliphatic carbocycles. The number of morpholine rings is 1. The molecule has 1 N–H and O–H groups in total. The smallest absolute Gasteiger partial charge is 0.335 e. The van der Waals surface area contributed by atoms with E-state index in [0.29, 0.717) is 24.1 Å². The molecule has 2 heterocycles. The van der Waals surface area contributed by atoms with E-state index < -0.39 is 18.1 Å². The summed E-state index contributed by atoms with van der Waals surface area (Å²) in [6.07, 6.45) is 0.00525. The van der Waals surface area contributed by atoms with Gasteiger partial charge in [0.15, 0.2) is 6.10 Å². The fourth-order valence-electron chi connectivity index (χ4n) is 2.98. The van der Waals surface area contributed by atoms with Gasteiger partial charge in [0.1, 0.15) is 24.2 Å². The number of carboxylic acids is 1. The number of carbonyl (C=O) groups excluding carboxylic acids is 1. The SMILES string of the molecule is CCN1C(=O)COC(C(=O)O)C1c1ccc(C2CC2C)o1. The molecule has 6 nitrogen and oxygen atoms in total. The van der Waals surface area contributed by atoms with Crippen LogP contribution < -0.4 is 0 Å². The molecule has 4 atom stereocenters. The van der Waals surface area contributed by atoms with Gasteiger partial charge in [0.2, 0.25) is 5.91 Å². The van der Waals surface area contributed by atoms with Crippen molar-refractivity contribution in [3.05, 3.63) is 23.7 Å². The number of aliphatic carboxylic acids is 1. The normalized spacial score (nSPS) is 32.3. The third-order valence-electron chi connectivity index (χ3n) is 4.33. The first-order valence-corrected chi connectivity index (χ1v) is 7.26. The Kier molecular flexibility index (Phi) is 3.49. The Bertz CT molecular complexity index is 564. The van der Waals surface area contributed by atoms with Crippen LogP contribution in [-0.2, 0) is 14.3 Å². The molecule has 1 aliphatic heterocycles. The van der Waals surface area contributed by atoms with Crippen molar-refractivity contribution in [1.82, 2.24) is 4.90 Å². The summed E-state index contributed by atoms with van der Waals surface area (Å²) in [5.74, 6) is 1.09. The third kappa shape index (κ3) is 2.44. The van der Waals surface area contributed by atoms with E-state index in [0.717, 1.165) is 12.2 Å². The van der Waals surface area contributed by atoms with Crippen LogP contribution in [0.25, 0.3) is 0 Å². The fraction of sp³-hybridized carbons (Fsp3) is 0.600. The van der Waals surface area contributed by atoms with Crippen molar-refractivity contribution >= 4 is 11.9 Å². The second kappa shape index (κ2) is 5.18. The lowest BCUT2D eigenvalue weighted by molar-refractivity contribution is -0.174. The monoisotopic (exact) mass is 293 g/mol. The number of amides is 1. The third-order valence-corrected chi connectivity index (χ3v) is 4.33. The van der Waals surface area contributed by atoms with Gasteiger partial charge in [-0.05, 0) is 31.4 Å². The quantitative estimate of drug-likeness (QED) is 0.915. The molecule has 2 fully saturated rings. The predicted octanol–water partition coefficient (Wildman–Crippen LogP) is 1.78. The first-order chi connectivity index (χ1) is 10.0. The minimum absolute atomic E-state index is 0.200. The molecule has 0 spiro atoms. The number of hydrogen-bond acceptors (Lipinski definition) is 4. The van der Waals surface area contributed by atoms with Crippen LogP contribution in [0.15, 0.2) is 16.5 Å². The van der Waals surface area contributed by atoms with Gasteiger partial charge in [-0.3, -0.25) is 4.79 Å². The summed E-state index contributed by atoms with van der Waals surface area (Å²) in [6.45, 7) is 4.20. The van der Waals surface area contributed by atoms with Crippen LogP contribution >= 0.6 is 0 Å². The molecule has 1 aromatic rings. The molecule has 1 saturated carbocycles. The molecule has 2 aliphatic rings. The van der Waals surface area contributed by atoms with E-state index in [1.807, 2.05) is 13.0 Å².